The first kappa shape index (κ1) is 12.8. The minimum atomic E-state index is -3.33. The highest BCUT2D eigenvalue weighted by molar-refractivity contribution is 7.90. The molecule has 5 nitrogen and oxygen atoms in total. The van der Waals surface area contributed by atoms with Crippen LogP contribution in [0.5, 0.6) is 0 Å². The maximum absolute atomic E-state index is 11.2. The van der Waals surface area contributed by atoms with Gasteiger partial charge in [0, 0.05) is 6.26 Å². The summed E-state index contributed by atoms with van der Waals surface area (Å²) in [4.78, 5) is 10.4. The van der Waals surface area contributed by atoms with Gasteiger partial charge in [-0.2, -0.15) is 0 Å². The van der Waals surface area contributed by atoms with Crippen molar-refractivity contribution in [1.82, 2.24) is 0 Å². The summed E-state index contributed by atoms with van der Waals surface area (Å²) >= 11 is 5.78. The van der Waals surface area contributed by atoms with Crippen LogP contribution in [-0.2, 0) is 14.6 Å². The number of carboxylic acid groups (broad SMARTS) is 1. The molecule has 0 fully saturated rings. The van der Waals surface area contributed by atoms with Crippen LogP contribution >= 0.6 is 11.6 Å². The molecule has 0 radical (unpaired) electrons. The first-order chi connectivity index (χ1) is 7.30. The SMILES string of the molecule is CS(=O)(=O)c1ccc(Cl)c(NCC(=O)O)c1. The summed E-state index contributed by atoms with van der Waals surface area (Å²) in [5.74, 6) is -1.05. The Morgan fingerprint density at radius 2 is 2.12 bits per heavy atom. The van der Waals surface area contributed by atoms with Gasteiger partial charge >= 0.3 is 5.97 Å². The molecular formula is C9H10ClNO4S. The molecule has 16 heavy (non-hydrogen) atoms. The number of sulfone groups is 1. The molecule has 7 heteroatoms. The summed E-state index contributed by atoms with van der Waals surface area (Å²) in [5, 5.41) is 11.3. The van der Waals surface area contributed by atoms with E-state index in [9.17, 15) is 13.2 Å². The third-order valence-corrected chi connectivity index (χ3v) is 3.24. The average Bonchev–Trinajstić information content (AvgIpc) is 2.14. The number of hydrogen-bond donors (Lipinski definition) is 2. The van der Waals surface area contributed by atoms with Gasteiger partial charge in [0.25, 0.3) is 0 Å². The van der Waals surface area contributed by atoms with E-state index in [0.717, 1.165) is 6.26 Å². The smallest absolute Gasteiger partial charge is 0.322 e. The fourth-order valence-electron chi connectivity index (χ4n) is 1.04. The van der Waals surface area contributed by atoms with Crippen LogP contribution in [0.1, 0.15) is 0 Å². The molecule has 1 aromatic rings. The summed E-state index contributed by atoms with van der Waals surface area (Å²) in [6.07, 6.45) is 1.07. The fourth-order valence-corrected chi connectivity index (χ4v) is 1.87. The Morgan fingerprint density at radius 3 is 2.62 bits per heavy atom. The second-order valence-corrected chi connectivity index (χ2v) is 5.58. The Bertz CT molecular complexity index is 512. The molecular weight excluding hydrogens is 254 g/mol. The van der Waals surface area contributed by atoms with Crippen molar-refractivity contribution in [2.75, 3.05) is 18.1 Å². The Hall–Kier alpha value is -1.27. The molecule has 1 rings (SSSR count). The molecule has 0 spiro atoms. The largest absolute Gasteiger partial charge is 0.480 e. The first-order valence-corrected chi connectivity index (χ1v) is 6.53. The number of rotatable bonds is 4. The number of anilines is 1. The number of carbonyl (C=O) groups is 1. The van der Waals surface area contributed by atoms with Crippen molar-refractivity contribution in [3.8, 4) is 0 Å². The molecule has 0 unspecified atom stereocenters. The zero-order valence-corrected chi connectivity index (χ0v) is 9.97. The standard InChI is InChI=1S/C9H10ClNO4S/c1-16(14,15)6-2-3-7(10)8(4-6)11-5-9(12)13/h2-4,11H,5H2,1H3,(H,12,13). The molecule has 0 saturated carbocycles. The third-order valence-electron chi connectivity index (χ3n) is 1.80. The lowest BCUT2D eigenvalue weighted by Crippen LogP contribution is -2.13. The summed E-state index contributed by atoms with van der Waals surface area (Å²) in [7, 11) is -3.33. The Morgan fingerprint density at radius 1 is 1.50 bits per heavy atom. The Balaban J connectivity index is 3.04. The predicted molar refractivity (Wildman–Crippen MR) is 60.7 cm³/mol. The molecule has 0 aliphatic heterocycles. The van der Waals surface area contributed by atoms with Crippen LogP contribution < -0.4 is 5.32 Å². The summed E-state index contributed by atoms with van der Waals surface area (Å²) < 4.78 is 22.5. The van der Waals surface area contributed by atoms with Crippen LogP contribution in [-0.4, -0.2) is 32.3 Å². The zero-order chi connectivity index (χ0) is 12.3. The first-order valence-electron chi connectivity index (χ1n) is 4.26. The molecule has 0 aliphatic carbocycles. The van der Waals surface area contributed by atoms with Gasteiger partial charge in [0.2, 0.25) is 0 Å². The highest BCUT2D eigenvalue weighted by Crippen LogP contribution is 2.24. The molecule has 1 aromatic carbocycles. The van der Waals surface area contributed by atoms with Gasteiger partial charge in [-0.1, -0.05) is 11.6 Å². The van der Waals surface area contributed by atoms with Crippen LogP contribution in [0, 0.1) is 0 Å². The van der Waals surface area contributed by atoms with Gasteiger partial charge in [0.15, 0.2) is 9.84 Å². The molecule has 0 heterocycles. The van der Waals surface area contributed by atoms with Crippen LogP contribution in [0.25, 0.3) is 0 Å². The maximum Gasteiger partial charge on any atom is 0.322 e. The van der Waals surface area contributed by atoms with Crippen LogP contribution in [0.4, 0.5) is 5.69 Å². The molecule has 0 amide bonds. The summed E-state index contributed by atoms with van der Waals surface area (Å²) in [5.41, 5.74) is 0.284. The van der Waals surface area contributed by atoms with E-state index < -0.39 is 15.8 Å². The zero-order valence-electron chi connectivity index (χ0n) is 8.40. The van der Waals surface area contributed by atoms with Crippen molar-refractivity contribution >= 4 is 33.1 Å². The molecule has 0 saturated heterocycles. The van der Waals surface area contributed by atoms with Crippen molar-refractivity contribution in [3.63, 3.8) is 0 Å². The molecule has 2 N–H and O–H groups in total. The van der Waals surface area contributed by atoms with E-state index in [0.29, 0.717) is 0 Å². The molecule has 0 bridgehead atoms. The van der Waals surface area contributed by atoms with Crippen molar-refractivity contribution < 1.29 is 18.3 Å². The fraction of sp³-hybridized carbons (Fsp3) is 0.222. The number of carboxylic acids is 1. The molecule has 0 aromatic heterocycles. The Kier molecular flexibility index (Phi) is 3.77. The molecule has 88 valence electrons. The summed E-state index contributed by atoms with van der Waals surface area (Å²) in [6.45, 7) is -0.326. The normalized spacial score (nSPS) is 11.1. The lowest BCUT2D eigenvalue weighted by atomic mass is 10.3. The van der Waals surface area contributed by atoms with Gasteiger partial charge in [0.1, 0.15) is 6.54 Å². The van der Waals surface area contributed by atoms with E-state index in [-0.39, 0.29) is 22.2 Å². The van der Waals surface area contributed by atoms with Crippen LogP contribution in [0.2, 0.25) is 5.02 Å². The molecule has 0 atom stereocenters. The second-order valence-electron chi connectivity index (χ2n) is 3.16. The topological polar surface area (TPSA) is 83.5 Å². The quantitative estimate of drug-likeness (QED) is 0.854. The number of nitrogens with one attached hydrogen (secondary N) is 1. The van der Waals surface area contributed by atoms with Crippen molar-refractivity contribution in [2.24, 2.45) is 0 Å². The lowest BCUT2D eigenvalue weighted by molar-refractivity contribution is -0.134. The molecule has 0 aliphatic rings. The monoisotopic (exact) mass is 263 g/mol. The number of halogens is 1. The second kappa shape index (κ2) is 4.71. The predicted octanol–water partition coefficient (Wildman–Crippen LogP) is 1.24. The van der Waals surface area contributed by atoms with E-state index in [1.54, 1.807) is 0 Å². The number of hydrogen-bond acceptors (Lipinski definition) is 4. The number of aliphatic carboxylic acids is 1. The van der Waals surface area contributed by atoms with E-state index in [1.807, 2.05) is 0 Å². The lowest BCUT2D eigenvalue weighted by Gasteiger charge is -2.07. The third kappa shape index (κ3) is 3.39. The van der Waals surface area contributed by atoms with E-state index in [2.05, 4.69) is 5.32 Å². The van der Waals surface area contributed by atoms with Crippen molar-refractivity contribution in [2.45, 2.75) is 4.90 Å². The van der Waals surface area contributed by atoms with Gasteiger partial charge in [-0.05, 0) is 18.2 Å². The van der Waals surface area contributed by atoms with E-state index in [1.165, 1.54) is 18.2 Å². The highest BCUT2D eigenvalue weighted by Gasteiger charge is 2.10. The maximum atomic E-state index is 11.2. The van der Waals surface area contributed by atoms with Crippen LogP contribution in [0.3, 0.4) is 0 Å². The van der Waals surface area contributed by atoms with Gasteiger partial charge < -0.3 is 10.4 Å². The summed E-state index contributed by atoms with van der Waals surface area (Å²) in [6, 6.07) is 4.08. The highest BCUT2D eigenvalue weighted by atomic mass is 35.5. The Labute approximate surface area is 98.0 Å². The van der Waals surface area contributed by atoms with Gasteiger partial charge in [0.05, 0.1) is 15.6 Å². The van der Waals surface area contributed by atoms with Gasteiger partial charge in [-0.25, -0.2) is 8.42 Å². The van der Waals surface area contributed by atoms with E-state index in [4.69, 9.17) is 16.7 Å². The average molecular weight is 264 g/mol. The van der Waals surface area contributed by atoms with Gasteiger partial charge in [-0.15, -0.1) is 0 Å². The van der Waals surface area contributed by atoms with Gasteiger partial charge in [-0.3, -0.25) is 4.79 Å². The van der Waals surface area contributed by atoms with E-state index >= 15 is 0 Å². The minimum absolute atomic E-state index is 0.0878. The minimum Gasteiger partial charge on any atom is -0.480 e. The van der Waals surface area contributed by atoms with Crippen molar-refractivity contribution in [1.29, 1.82) is 0 Å². The van der Waals surface area contributed by atoms with Crippen LogP contribution in [0.15, 0.2) is 23.1 Å². The van der Waals surface area contributed by atoms with Crippen molar-refractivity contribution in [3.05, 3.63) is 23.2 Å². The number of benzene rings is 1.